The third kappa shape index (κ3) is 3.88. The Morgan fingerprint density at radius 1 is 1.08 bits per heavy atom. The van der Waals surface area contributed by atoms with E-state index in [-0.39, 0.29) is 12.3 Å². The first-order valence-electron chi connectivity index (χ1n) is 8.11. The van der Waals surface area contributed by atoms with E-state index in [2.05, 4.69) is 0 Å². The van der Waals surface area contributed by atoms with Crippen molar-refractivity contribution in [3.05, 3.63) is 60.2 Å². The van der Waals surface area contributed by atoms with Crippen molar-refractivity contribution in [1.29, 1.82) is 0 Å². The monoisotopic (exact) mass is 337 g/mol. The first kappa shape index (κ1) is 16.8. The average Bonchev–Trinajstić information content (AvgIpc) is 3.05. The van der Waals surface area contributed by atoms with E-state index in [1.54, 1.807) is 24.1 Å². The molecule has 0 bridgehead atoms. The van der Waals surface area contributed by atoms with Gasteiger partial charge in [0, 0.05) is 36.5 Å². The Morgan fingerprint density at radius 2 is 1.80 bits per heavy atom. The summed E-state index contributed by atoms with van der Waals surface area (Å²) in [5.41, 5.74) is 2.30. The predicted octanol–water partition coefficient (Wildman–Crippen LogP) is 4.04. The van der Waals surface area contributed by atoms with Gasteiger partial charge in [-0.2, -0.15) is 0 Å². The number of rotatable bonds is 6. The zero-order chi connectivity index (χ0) is 17.8. The van der Waals surface area contributed by atoms with Crippen molar-refractivity contribution in [1.82, 2.24) is 4.90 Å². The maximum absolute atomic E-state index is 12.4. The lowest BCUT2D eigenvalue weighted by Gasteiger charge is -2.16. The molecule has 1 amide bonds. The zero-order valence-electron chi connectivity index (χ0n) is 13.9. The Labute approximate surface area is 145 Å². The molecular weight excluding hydrogens is 318 g/mol. The lowest BCUT2D eigenvalue weighted by atomic mass is 10.1. The van der Waals surface area contributed by atoms with Crippen molar-refractivity contribution in [2.24, 2.45) is 0 Å². The van der Waals surface area contributed by atoms with Gasteiger partial charge in [0.05, 0.1) is 0 Å². The molecule has 0 aliphatic carbocycles. The highest BCUT2D eigenvalue weighted by atomic mass is 16.4. The van der Waals surface area contributed by atoms with Gasteiger partial charge in [0.25, 0.3) is 5.91 Å². The van der Waals surface area contributed by atoms with Crippen molar-refractivity contribution in [3.8, 4) is 11.3 Å². The predicted molar refractivity (Wildman–Crippen MR) is 95.5 cm³/mol. The number of carbonyl (C=O) groups excluding carboxylic acids is 1. The van der Waals surface area contributed by atoms with Gasteiger partial charge in [0.15, 0.2) is 0 Å². The summed E-state index contributed by atoms with van der Waals surface area (Å²) in [6, 6.07) is 17.0. The summed E-state index contributed by atoms with van der Waals surface area (Å²) in [5, 5.41) is 9.70. The zero-order valence-corrected chi connectivity index (χ0v) is 13.9. The number of aliphatic carboxylic acids is 1. The fourth-order valence-electron chi connectivity index (χ4n) is 2.69. The topological polar surface area (TPSA) is 70.8 Å². The second-order valence-corrected chi connectivity index (χ2v) is 5.95. The lowest BCUT2D eigenvalue weighted by Crippen LogP contribution is -2.28. The highest BCUT2D eigenvalue weighted by Crippen LogP contribution is 2.27. The Kier molecular flexibility index (Phi) is 4.84. The molecule has 5 heteroatoms. The van der Waals surface area contributed by atoms with Gasteiger partial charge in [-0.15, -0.1) is 0 Å². The fourth-order valence-corrected chi connectivity index (χ4v) is 2.69. The Hall–Kier alpha value is -3.08. The van der Waals surface area contributed by atoms with Crippen LogP contribution in [-0.2, 0) is 4.79 Å². The Morgan fingerprint density at radius 3 is 2.48 bits per heavy atom. The first-order valence-corrected chi connectivity index (χ1v) is 8.11. The van der Waals surface area contributed by atoms with Crippen molar-refractivity contribution in [2.75, 3.05) is 13.6 Å². The van der Waals surface area contributed by atoms with Gasteiger partial charge in [-0.1, -0.05) is 30.3 Å². The number of nitrogens with zero attached hydrogens (tertiary/aromatic N) is 1. The molecular formula is C20H19NO4. The number of amides is 1. The Bertz CT molecular complexity index is 862. The summed E-state index contributed by atoms with van der Waals surface area (Å²) >= 11 is 0. The normalized spacial score (nSPS) is 10.8. The van der Waals surface area contributed by atoms with Crippen LogP contribution in [0.25, 0.3) is 22.3 Å². The lowest BCUT2D eigenvalue weighted by molar-refractivity contribution is -0.137. The Balaban J connectivity index is 1.71. The van der Waals surface area contributed by atoms with Gasteiger partial charge in [-0.05, 0) is 30.7 Å². The third-order valence-corrected chi connectivity index (χ3v) is 4.07. The molecule has 0 aliphatic heterocycles. The van der Waals surface area contributed by atoms with Gasteiger partial charge in [-0.3, -0.25) is 9.59 Å². The van der Waals surface area contributed by atoms with E-state index in [4.69, 9.17) is 9.52 Å². The fraction of sp³-hybridized carbons (Fsp3) is 0.200. The molecule has 2 aromatic carbocycles. The van der Waals surface area contributed by atoms with E-state index in [1.165, 1.54) is 0 Å². The molecule has 1 N–H and O–H groups in total. The molecule has 3 aromatic rings. The molecule has 128 valence electrons. The molecule has 0 unspecified atom stereocenters. The van der Waals surface area contributed by atoms with E-state index in [9.17, 15) is 9.59 Å². The van der Waals surface area contributed by atoms with Crippen LogP contribution in [0.2, 0.25) is 0 Å². The molecule has 1 aromatic heterocycles. The molecule has 0 radical (unpaired) electrons. The van der Waals surface area contributed by atoms with Crippen LogP contribution < -0.4 is 0 Å². The highest BCUT2D eigenvalue weighted by molar-refractivity contribution is 5.94. The molecule has 0 saturated carbocycles. The molecule has 3 rings (SSSR count). The van der Waals surface area contributed by atoms with Crippen molar-refractivity contribution >= 4 is 22.8 Å². The van der Waals surface area contributed by atoms with Gasteiger partial charge in [-0.25, -0.2) is 0 Å². The quantitative estimate of drug-likeness (QED) is 0.737. The summed E-state index contributed by atoms with van der Waals surface area (Å²) in [4.78, 5) is 24.5. The summed E-state index contributed by atoms with van der Waals surface area (Å²) in [6.07, 6.45) is 0.497. The average molecular weight is 337 g/mol. The van der Waals surface area contributed by atoms with Crippen LogP contribution in [0.3, 0.4) is 0 Å². The maximum atomic E-state index is 12.4. The van der Waals surface area contributed by atoms with E-state index >= 15 is 0 Å². The second kappa shape index (κ2) is 7.21. The largest absolute Gasteiger partial charge is 0.481 e. The van der Waals surface area contributed by atoms with E-state index in [0.29, 0.717) is 18.5 Å². The molecule has 0 atom stereocenters. The highest BCUT2D eigenvalue weighted by Gasteiger charge is 2.13. The second-order valence-electron chi connectivity index (χ2n) is 5.95. The summed E-state index contributed by atoms with van der Waals surface area (Å²) in [7, 11) is 1.68. The molecule has 0 aliphatic rings. The number of hydrogen-bond acceptors (Lipinski definition) is 3. The SMILES string of the molecule is CN(CCCC(=O)O)C(=O)c1ccc(-c2cc3ccccc3o2)cc1. The number of para-hydroxylation sites is 1. The number of carboxylic acid groups (broad SMARTS) is 1. The van der Waals surface area contributed by atoms with Gasteiger partial charge >= 0.3 is 5.97 Å². The number of furan rings is 1. The van der Waals surface area contributed by atoms with Gasteiger partial charge in [0.1, 0.15) is 11.3 Å². The van der Waals surface area contributed by atoms with E-state index < -0.39 is 5.97 Å². The van der Waals surface area contributed by atoms with E-state index in [0.717, 1.165) is 22.3 Å². The first-order chi connectivity index (χ1) is 12.0. The molecule has 0 fully saturated rings. The number of fused-ring (bicyclic) bond motifs is 1. The number of hydrogen-bond donors (Lipinski definition) is 1. The van der Waals surface area contributed by atoms with Crippen LogP contribution in [0, 0.1) is 0 Å². The molecule has 5 nitrogen and oxygen atoms in total. The third-order valence-electron chi connectivity index (χ3n) is 4.07. The van der Waals surface area contributed by atoms with Crippen molar-refractivity contribution < 1.29 is 19.1 Å². The molecule has 0 spiro atoms. The van der Waals surface area contributed by atoms with Crippen molar-refractivity contribution in [3.63, 3.8) is 0 Å². The smallest absolute Gasteiger partial charge is 0.303 e. The maximum Gasteiger partial charge on any atom is 0.303 e. The number of carboxylic acids is 1. The van der Waals surface area contributed by atoms with Gasteiger partial charge in [0.2, 0.25) is 0 Å². The van der Waals surface area contributed by atoms with Crippen LogP contribution in [0.15, 0.2) is 59.0 Å². The van der Waals surface area contributed by atoms with Crippen LogP contribution >= 0.6 is 0 Å². The minimum atomic E-state index is -0.851. The molecule has 0 saturated heterocycles. The molecule has 1 heterocycles. The van der Waals surface area contributed by atoms with Gasteiger partial charge < -0.3 is 14.4 Å². The van der Waals surface area contributed by atoms with Crippen LogP contribution in [0.4, 0.5) is 0 Å². The van der Waals surface area contributed by atoms with Crippen LogP contribution in [-0.4, -0.2) is 35.5 Å². The number of carbonyl (C=O) groups is 2. The van der Waals surface area contributed by atoms with Crippen molar-refractivity contribution in [2.45, 2.75) is 12.8 Å². The standard InChI is InChI=1S/C20H19NO4/c1-21(12-4-7-19(22)23)20(24)15-10-8-14(9-11-15)18-13-16-5-2-3-6-17(16)25-18/h2-3,5-6,8-11,13H,4,7,12H2,1H3,(H,22,23). The van der Waals surface area contributed by atoms with Crippen LogP contribution in [0.1, 0.15) is 23.2 Å². The molecule has 25 heavy (non-hydrogen) atoms. The summed E-state index contributed by atoms with van der Waals surface area (Å²) < 4.78 is 5.83. The minimum absolute atomic E-state index is 0.0581. The summed E-state index contributed by atoms with van der Waals surface area (Å²) in [6.45, 7) is 0.413. The van der Waals surface area contributed by atoms with Crippen LogP contribution in [0.5, 0.6) is 0 Å². The van der Waals surface area contributed by atoms with E-state index in [1.807, 2.05) is 42.5 Å². The minimum Gasteiger partial charge on any atom is -0.481 e. The number of benzene rings is 2. The summed E-state index contributed by atoms with van der Waals surface area (Å²) in [5.74, 6) is -0.215.